The fourth-order valence-electron chi connectivity index (χ4n) is 1.98. The van der Waals surface area contributed by atoms with Gasteiger partial charge in [-0.1, -0.05) is 17.7 Å². The Morgan fingerprint density at radius 3 is 2.87 bits per heavy atom. The third-order valence-corrected chi connectivity index (χ3v) is 3.18. The molecule has 0 saturated heterocycles. The summed E-state index contributed by atoms with van der Waals surface area (Å²) in [5.74, 6) is 0.533. The van der Waals surface area contributed by atoms with Gasteiger partial charge in [0.15, 0.2) is 0 Å². The molecule has 0 aromatic heterocycles. The number of hydrogen-bond acceptors (Lipinski definition) is 4. The zero-order chi connectivity index (χ0) is 16.7. The average Bonchev–Trinajstić information content (AvgIpc) is 2.52. The number of nitrogens with one attached hydrogen (secondary N) is 2. The van der Waals surface area contributed by atoms with E-state index in [2.05, 4.69) is 16.7 Å². The standard InChI is InChI=1S/C17H16ClN3O2/c1-12(22)21-15-3-2-4-16(10-15)23-8-7-20-17-6-5-14(18)9-13(17)11-19/h2-6,9-10,20H,7-8H2,1H3,(H,21,22). The normalized spacial score (nSPS) is 9.78. The summed E-state index contributed by atoms with van der Waals surface area (Å²) in [6, 6.07) is 14.4. The van der Waals surface area contributed by atoms with E-state index >= 15 is 0 Å². The van der Waals surface area contributed by atoms with E-state index in [1.165, 1.54) is 6.92 Å². The van der Waals surface area contributed by atoms with Crippen LogP contribution in [0.2, 0.25) is 5.02 Å². The molecule has 1 amide bonds. The van der Waals surface area contributed by atoms with Crippen LogP contribution < -0.4 is 15.4 Å². The maximum Gasteiger partial charge on any atom is 0.221 e. The molecule has 0 bridgehead atoms. The van der Waals surface area contributed by atoms with Crippen molar-refractivity contribution in [3.63, 3.8) is 0 Å². The van der Waals surface area contributed by atoms with E-state index in [0.29, 0.717) is 40.9 Å². The summed E-state index contributed by atoms with van der Waals surface area (Å²) in [4.78, 5) is 11.0. The molecule has 2 aromatic rings. The maximum absolute atomic E-state index is 11.0. The summed E-state index contributed by atoms with van der Waals surface area (Å²) in [6.07, 6.45) is 0. The number of carbonyl (C=O) groups excluding carboxylic acids is 1. The minimum absolute atomic E-state index is 0.129. The van der Waals surface area contributed by atoms with E-state index in [1.54, 1.807) is 36.4 Å². The van der Waals surface area contributed by atoms with Gasteiger partial charge in [-0.05, 0) is 30.3 Å². The second-order valence-corrected chi connectivity index (χ2v) is 5.22. The number of anilines is 2. The smallest absolute Gasteiger partial charge is 0.221 e. The molecule has 23 heavy (non-hydrogen) atoms. The first-order chi connectivity index (χ1) is 11.1. The summed E-state index contributed by atoms with van der Waals surface area (Å²) >= 11 is 5.85. The van der Waals surface area contributed by atoms with Crippen LogP contribution in [0.3, 0.4) is 0 Å². The van der Waals surface area contributed by atoms with Crippen molar-refractivity contribution < 1.29 is 9.53 Å². The molecule has 5 nitrogen and oxygen atoms in total. The van der Waals surface area contributed by atoms with Gasteiger partial charge in [-0.3, -0.25) is 4.79 Å². The second-order valence-electron chi connectivity index (χ2n) is 4.79. The molecule has 2 N–H and O–H groups in total. The zero-order valence-electron chi connectivity index (χ0n) is 12.6. The summed E-state index contributed by atoms with van der Waals surface area (Å²) in [6.45, 7) is 2.40. The van der Waals surface area contributed by atoms with Gasteiger partial charge in [-0.15, -0.1) is 0 Å². The third kappa shape index (κ3) is 5.20. The van der Waals surface area contributed by atoms with Crippen LogP contribution in [0.25, 0.3) is 0 Å². The van der Waals surface area contributed by atoms with Crippen molar-refractivity contribution in [2.24, 2.45) is 0 Å². The van der Waals surface area contributed by atoms with Crippen LogP contribution in [0.15, 0.2) is 42.5 Å². The number of carbonyl (C=O) groups is 1. The van der Waals surface area contributed by atoms with Gasteiger partial charge in [0.05, 0.1) is 11.3 Å². The average molecular weight is 330 g/mol. The molecule has 2 aromatic carbocycles. The number of nitriles is 1. The van der Waals surface area contributed by atoms with Crippen LogP contribution in [-0.4, -0.2) is 19.1 Å². The van der Waals surface area contributed by atoms with Crippen molar-refractivity contribution in [3.8, 4) is 11.8 Å². The van der Waals surface area contributed by atoms with Crippen molar-refractivity contribution in [3.05, 3.63) is 53.1 Å². The largest absolute Gasteiger partial charge is 0.492 e. The lowest BCUT2D eigenvalue weighted by atomic mass is 10.2. The second kappa shape index (κ2) is 8.06. The third-order valence-electron chi connectivity index (χ3n) is 2.94. The minimum atomic E-state index is -0.129. The first-order valence-corrected chi connectivity index (χ1v) is 7.40. The van der Waals surface area contributed by atoms with Crippen LogP contribution in [0, 0.1) is 11.3 Å². The van der Waals surface area contributed by atoms with Gasteiger partial charge >= 0.3 is 0 Å². The Hall–Kier alpha value is -2.71. The quantitative estimate of drug-likeness (QED) is 0.793. The highest BCUT2D eigenvalue weighted by Gasteiger charge is 2.03. The molecule has 6 heteroatoms. The van der Waals surface area contributed by atoms with E-state index in [1.807, 2.05) is 6.07 Å². The molecule has 0 atom stereocenters. The van der Waals surface area contributed by atoms with Crippen LogP contribution in [0.4, 0.5) is 11.4 Å². The van der Waals surface area contributed by atoms with Crippen LogP contribution >= 0.6 is 11.6 Å². The van der Waals surface area contributed by atoms with Crippen molar-refractivity contribution in [1.82, 2.24) is 0 Å². The minimum Gasteiger partial charge on any atom is -0.492 e. The molecule has 0 radical (unpaired) electrons. The van der Waals surface area contributed by atoms with Gasteiger partial charge in [0.25, 0.3) is 0 Å². The van der Waals surface area contributed by atoms with Crippen molar-refractivity contribution in [2.45, 2.75) is 6.92 Å². The molecular weight excluding hydrogens is 314 g/mol. The number of hydrogen-bond donors (Lipinski definition) is 2. The molecule has 0 aliphatic carbocycles. The Bertz CT molecular complexity index is 741. The summed E-state index contributed by atoms with van der Waals surface area (Å²) in [7, 11) is 0. The molecule has 0 unspecified atom stereocenters. The highest BCUT2D eigenvalue weighted by molar-refractivity contribution is 6.30. The van der Waals surface area contributed by atoms with Gasteiger partial charge in [0.1, 0.15) is 18.4 Å². The highest BCUT2D eigenvalue weighted by Crippen LogP contribution is 2.20. The van der Waals surface area contributed by atoms with Gasteiger partial charge < -0.3 is 15.4 Å². The number of ether oxygens (including phenoxy) is 1. The Labute approximate surface area is 139 Å². The highest BCUT2D eigenvalue weighted by atomic mass is 35.5. The molecule has 0 saturated carbocycles. The molecule has 0 aliphatic heterocycles. The molecular formula is C17H16ClN3O2. The van der Waals surface area contributed by atoms with Crippen molar-refractivity contribution in [1.29, 1.82) is 5.26 Å². The number of nitrogens with zero attached hydrogens (tertiary/aromatic N) is 1. The van der Waals surface area contributed by atoms with Gasteiger partial charge in [0, 0.05) is 30.2 Å². The van der Waals surface area contributed by atoms with E-state index < -0.39 is 0 Å². The first-order valence-electron chi connectivity index (χ1n) is 7.02. The fraction of sp³-hybridized carbons (Fsp3) is 0.176. The van der Waals surface area contributed by atoms with E-state index in [0.717, 1.165) is 0 Å². The molecule has 0 spiro atoms. The molecule has 0 heterocycles. The summed E-state index contributed by atoms with van der Waals surface area (Å²) in [5.41, 5.74) is 1.89. The number of halogens is 1. The summed E-state index contributed by atoms with van der Waals surface area (Å²) in [5, 5.41) is 15.4. The Kier molecular flexibility index (Phi) is 5.84. The fourth-order valence-corrected chi connectivity index (χ4v) is 2.16. The van der Waals surface area contributed by atoms with E-state index in [4.69, 9.17) is 21.6 Å². The van der Waals surface area contributed by atoms with Crippen LogP contribution in [-0.2, 0) is 4.79 Å². The zero-order valence-corrected chi connectivity index (χ0v) is 13.4. The summed E-state index contributed by atoms with van der Waals surface area (Å²) < 4.78 is 5.62. The van der Waals surface area contributed by atoms with Gasteiger partial charge in [-0.2, -0.15) is 5.26 Å². The number of benzene rings is 2. The Morgan fingerprint density at radius 2 is 2.13 bits per heavy atom. The van der Waals surface area contributed by atoms with E-state index in [-0.39, 0.29) is 5.91 Å². The lowest BCUT2D eigenvalue weighted by molar-refractivity contribution is -0.114. The monoisotopic (exact) mass is 329 g/mol. The first kappa shape index (κ1) is 16.7. The number of amides is 1. The van der Waals surface area contributed by atoms with Gasteiger partial charge in [0.2, 0.25) is 5.91 Å². The van der Waals surface area contributed by atoms with Crippen molar-refractivity contribution >= 4 is 28.9 Å². The van der Waals surface area contributed by atoms with Crippen molar-refractivity contribution in [2.75, 3.05) is 23.8 Å². The van der Waals surface area contributed by atoms with Gasteiger partial charge in [-0.25, -0.2) is 0 Å². The molecule has 2 rings (SSSR count). The Balaban J connectivity index is 1.86. The van der Waals surface area contributed by atoms with Crippen LogP contribution in [0.1, 0.15) is 12.5 Å². The maximum atomic E-state index is 11.0. The molecule has 0 fully saturated rings. The topological polar surface area (TPSA) is 74.2 Å². The number of rotatable bonds is 6. The molecule has 118 valence electrons. The van der Waals surface area contributed by atoms with Crippen LogP contribution in [0.5, 0.6) is 5.75 Å². The Morgan fingerprint density at radius 1 is 1.30 bits per heavy atom. The lowest BCUT2D eigenvalue weighted by Crippen LogP contribution is -2.12. The SMILES string of the molecule is CC(=O)Nc1cccc(OCCNc2ccc(Cl)cc2C#N)c1. The predicted molar refractivity (Wildman–Crippen MR) is 90.9 cm³/mol. The van der Waals surface area contributed by atoms with E-state index in [9.17, 15) is 4.79 Å². The molecule has 0 aliphatic rings. The predicted octanol–water partition coefficient (Wildman–Crippen LogP) is 3.66. The lowest BCUT2D eigenvalue weighted by Gasteiger charge is -2.11.